The fourth-order valence-electron chi connectivity index (χ4n) is 4.34. The van der Waals surface area contributed by atoms with E-state index in [1.165, 1.54) is 38.5 Å². The number of rotatable bonds is 25. The number of ether oxygens (including phenoxy) is 6. The van der Waals surface area contributed by atoms with Crippen LogP contribution in [0.5, 0.6) is 0 Å². The summed E-state index contributed by atoms with van der Waals surface area (Å²) >= 11 is 0. The monoisotopic (exact) mass is 504 g/mol. The van der Waals surface area contributed by atoms with Crippen LogP contribution in [0.15, 0.2) is 0 Å². The summed E-state index contributed by atoms with van der Waals surface area (Å²) in [5.41, 5.74) is 0. The third-order valence-electron chi connectivity index (χ3n) is 7.20. The second-order valence-corrected chi connectivity index (χ2v) is 9.99. The first-order chi connectivity index (χ1) is 16.9. The SMILES string of the molecule is CCCCC(CC)COC[C@@H](OCC(CC)CCCC)[C@@H](OC(C)CC)[C@H](OC)[C@H](COC)OC. The van der Waals surface area contributed by atoms with E-state index < -0.39 is 0 Å². The van der Waals surface area contributed by atoms with Gasteiger partial charge in [0.1, 0.15) is 24.4 Å². The molecule has 0 aliphatic rings. The maximum Gasteiger partial charge on any atom is 0.115 e. The average Bonchev–Trinajstić information content (AvgIpc) is 2.88. The molecule has 0 heterocycles. The minimum Gasteiger partial charge on any atom is -0.382 e. The highest BCUT2D eigenvalue weighted by molar-refractivity contribution is 4.87. The zero-order chi connectivity index (χ0) is 26.5. The molecule has 0 N–H and O–H groups in total. The summed E-state index contributed by atoms with van der Waals surface area (Å²) in [4.78, 5) is 0. The lowest BCUT2D eigenvalue weighted by atomic mass is 9.99. The van der Waals surface area contributed by atoms with E-state index in [9.17, 15) is 0 Å². The Morgan fingerprint density at radius 3 is 1.66 bits per heavy atom. The van der Waals surface area contributed by atoms with E-state index in [1.54, 1.807) is 21.3 Å². The third-order valence-corrected chi connectivity index (χ3v) is 7.20. The van der Waals surface area contributed by atoms with Gasteiger partial charge >= 0.3 is 0 Å². The Morgan fingerprint density at radius 1 is 0.600 bits per heavy atom. The highest BCUT2D eigenvalue weighted by Gasteiger charge is 2.38. The van der Waals surface area contributed by atoms with Crippen molar-refractivity contribution in [2.24, 2.45) is 11.8 Å². The molecule has 0 bridgehead atoms. The van der Waals surface area contributed by atoms with Crippen LogP contribution >= 0.6 is 0 Å². The lowest BCUT2D eigenvalue weighted by Gasteiger charge is -2.38. The van der Waals surface area contributed by atoms with Crippen LogP contribution < -0.4 is 0 Å². The smallest absolute Gasteiger partial charge is 0.115 e. The van der Waals surface area contributed by atoms with Gasteiger partial charge in [-0.15, -0.1) is 0 Å². The molecule has 0 radical (unpaired) electrons. The van der Waals surface area contributed by atoms with Crippen LogP contribution in [0.2, 0.25) is 0 Å². The van der Waals surface area contributed by atoms with Crippen LogP contribution in [-0.2, 0) is 28.4 Å². The summed E-state index contributed by atoms with van der Waals surface area (Å²) < 4.78 is 36.7. The van der Waals surface area contributed by atoms with Gasteiger partial charge in [-0.05, 0) is 38.0 Å². The second-order valence-electron chi connectivity index (χ2n) is 9.99. The molecule has 0 saturated carbocycles. The van der Waals surface area contributed by atoms with Crippen molar-refractivity contribution in [3.63, 3.8) is 0 Å². The van der Waals surface area contributed by atoms with Crippen molar-refractivity contribution >= 4 is 0 Å². The predicted molar refractivity (Wildman–Crippen MR) is 145 cm³/mol. The normalized spacial score (nSPS) is 18.1. The van der Waals surface area contributed by atoms with Gasteiger partial charge in [-0.25, -0.2) is 0 Å². The fraction of sp³-hybridized carbons (Fsp3) is 1.00. The summed E-state index contributed by atoms with van der Waals surface area (Å²) in [6.45, 7) is 15.6. The molecule has 0 amide bonds. The van der Waals surface area contributed by atoms with Gasteiger partial charge in [-0.1, -0.05) is 73.1 Å². The van der Waals surface area contributed by atoms with Crippen LogP contribution in [-0.4, -0.2) is 78.3 Å². The molecule has 6 nitrogen and oxygen atoms in total. The molecule has 0 fully saturated rings. The molecule has 0 aliphatic heterocycles. The Hall–Kier alpha value is -0.240. The van der Waals surface area contributed by atoms with Gasteiger partial charge < -0.3 is 28.4 Å². The Labute approximate surface area is 218 Å². The molecule has 3 unspecified atom stereocenters. The average molecular weight is 505 g/mol. The number of unbranched alkanes of at least 4 members (excludes halogenated alkanes) is 2. The van der Waals surface area contributed by atoms with Crippen LogP contribution in [0.1, 0.15) is 99.3 Å². The lowest BCUT2D eigenvalue weighted by molar-refractivity contribution is -0.199. The molecule has 0 rings (SSSR count). The van der Waals surface area contributed by atoms with E-state index in [0.717, 1.165) is 25.9 Å². The van der Waals surface area contributed by atoms with Crippen LogP contribution in [0, 0.1) is 11.8 Å². The minimum atomic E-state index is -0.333. The first kappa shape index (κ1) is 34.8. The molecule has 6 heteroatoms. The molecule has 212 valence electrons. The fourth-order valence-corrected chi connectivity index (χ4v) is 4.34. The van der Waals surface area contributed by atoms with Crippen molar-refractivity contribution in [2.75, 3.05) is 47.8 Å². The zero-order valence-electron chi connectivity index (χ0n) is 24.7. The number of hydrogen-bond donors (Lipinski definition) is 0. The maximum absolute atomic E-state index is 6.63. The quantitative estimate of drug-likeness (QED) is 0.138. The predicted octanol–water partition coefficient (Wildman–Crippen LogP) is 6.68. The van der Waals surface area contributed by atoms with Crippen molar-refractivity contribution in [2.45, 2.75) is 130 Å². The van der Waals surface area contributed by atoms with E-state index in [4.69, 9.17) is 28.4 Å². The number of methoxy groups -OCH3 is 3. The standard InChI is InChI=1S/C29H60O6/c1-10-15-17-24(13-4)19-33-22-27(34-20-25(14-5)18-16-11-2)29(35-23(6)12-3)28(32-9)26(31-8)21-30-7/h23-29H,10-22H2,1-9H3/t23?,24?,25?,26-,27+,28+,29+/m0/s1. The molecular weight excluding hydrogens is 444 g/mol. The van der Waals surface area contributed by atoms with Crippen molar-refractivity contribution in [1.82, 2.24) is 0 Å². The summed E-state index contributed by atoms with van der Waals surface area (Å²) in [7, 11) is 5.09. The maximum atomic E-state index is 6.63. The van der Waals surface area contributed by atoms with Gasteiger partial charge in [-0.3, -0.25) is 0 Å². The molecule has 0 saturated heterocycles. The first-order valence-electron chi connectivity index (χ1n) is 14.3. The van der Waals surface area contributed by atoms with Crippen molar-refractivity contribution < 1.29 is 28.4 Å². The van der Waals surface area contributed by atoms with Gasteiger partial charge in [0.05, 0.1) is 25.9 Å². The van der Waals surface area contributed by atoms with Gasteiger partial charge in [0.2, 0.25) is 0 Å². The summed E-state index contributed by atoms with van der Waals surface area (Å²) in [6, 6.07) is 0. The lowest BCUT2D eigenvalue weighted by Crippen LogP contribution is -2.53. The minimum absolute atomic E-state index is 0.0683. The van der Waals surface area contributed by atoms with Gasteiger partial charge in [-0.2, -0.15) is 0 Å². The van der Waals surface area contributed by atoms with Crippen LogP contribution in [0.4, 0.5) is 0 Å². The topological polar surface area (TPSA) is 55.4 Å². The molecule has 35 heavy (non-hydrogen) atoms. The highest BCUT2D eigenvalue weighted by Crippen LogP contribution is 2.23. The summed E-state index contributed by atoms with van der Waals surface area (Å²) in [6.07, 6.45) is 9.34. The van der Waals surface area contributed by atoms with E-state index >= 15 is 0 Å². The second kappa shape index (κ2) is 22.9. The van der Waals surface area contributed by atoms with Gasteiger partial charge in [0.15, 0.2) is 0 Å². The van der Waals surface area contributed by atoms with Crippen molar-refractivity contribution in [3.05, 3.63) is 0 Å². The van der Waals surface area contributed by atoms with E-state index in [0.29, 0.717) is 31.7 Å². The Bertz CT molecular complexity index is 449. The van der Waals surface area contributed by atoms with Crippen LogP contribution in [0.25, 0.3) is 0 Å². The molecular formula is C29H60O6. The molecule has 7 atom stereocenters. The molecule has 0 aliphatic carbocycles. The largest absolute Gasteiger partial charge is 0.382 e. The van der Waals surface area contributed by atoms with Gasteiger partial charge in [0, 0.05) is 27.9 Å². The Kier molecular flexibility index (Phi) is 22.8. The molecule has 0 aromatic rings. The molecule has 0 aromatic heterocycles. The Balaban J connectivity index is 5.72. The summed E-state index contributed by atoms with van der Waals surface area (Å²) in [5.74, 6) is 1.11. The third kappa shape index (κ3) is 14.9. The van der Waals surface area contributed by atoms with Crippen molar-refractivity contribution in [1.29, 1.82) is 0 Å². The van der Waals surface area contributed by atoms with E-state index in [-0.39, 0.29) is 30.5 Å². The van der Waals surface area contributed by atoms with Crippen LogP contribution in [0.3, 0.4) is 0 Å². The van der Waals surface area contributed by atoms with Gasteiger partial charge in [0.25, 0.3) is 0 Å². The zero-order valence-corrected chi connectivity index (χ0v) is 24.7. The first-order valence-corrected chi connectivity index (χ1v) is 14.3. The number of hydrogen-bond acceptors (Lipinski definition) is 6. The highest BCUT2D eigenvalue weighted by atomic mass is 16.6. The molecule has 0 spiro atoms. The Morgan fingerprint density at radius 2 is 1.20 bits per heavy atom. The van der Waals surface area contributed by atoms with E-state index in [1.807, 2.05) is 0 Å². The summed E-state index contributed by atoms with van der Waals surface area (Å²) in [5, 5.41) is 0. The molecule has 0 aromatic carbocycles. The van der Waals surface area contributed by atoms with E-state index in [2.05, 4.69) is 41.5 Å². The van der Waals surface area contributed by atoms with Crippen molar-refractivity contribution in [3.8, 4) is 0 Å².